The molecule has 0 spiro atoms. The Morgan fingerprint density at radius 3 is 2.26 bits per heavy atom. The Kier molecular flexibility index (Phi) is 10.5. The first-order chi connectivity index (χ1) is 18.7. The minimum absolute atomic E-state index is 0.103. The predicted molar refractivity (Wildman–Crippen MR) is 140 cm³/mol. The highest BCUT2D eigenvalue weighted by molar-refractivity contribution is 5.96. The van der Waals surface area contributed by atoms with Gasteiger partial charge in [-0.3, -0.25) is 19.2 Å². The number of carbonyl (C=O) groups is 5. The molecule has 0 fully saturated rings. The number of esters is 1. The number of carboxylic acid groups (broad SMARTS) is 1. The summed E-state index contributed by atoms with van der Waals surface area (Å²) in [6.07, 6.45) is -0.868. The van der Waals surface area contributed by atoms with Crippen molar-refractivity contribution in [1.82, 2.24) is 10.6 Å². The molecule has 0 aliphatic rings. The van der Waals surface area contributed by atoms with Crippen LogP contribution in [-0.2, 0) is 41.7 Å². The number of nitrogens with two attached hydrogens (primary N) is 1. The topological polar surface area (TPSA) is 174 Å². The minimum Gasteiger partial charge on any atom is -0.481 e. The molecule has 2 unspecified atom stereocenters. The first-order valence-electron chi connectivity index (χ1n) is 12.1. The van der Waals surface area contributed by atoms with Crippen molar-refractivity contribution >= 4 is 40.4 Å². The van der Waals surface area contributed by atoms with Crippen molar-refractivity contribution in [2.24, 2.45) is 5.73 Å². The highest BCUT2D eigenvalue weighted by Crippen LogP contribution is 2.19. The molecule has 0 heterocycles. The van der Waals surface area contributed by atoms with Gasteiger partial charge in [-0.15, -0.1) is 0 Å². The van der Waals surface area contributed by atoms with Gasteiger partial charge in [0.1, 0.15) is 12.1 Å². The van der Waals surface area contributed by atoms with Crippen LogP contribution in [-0.4, -0.2) is 60.1 Å². The highest BCUT2D eigenvalue weighted by Gasteiger charge is 2.29. The van der Waals surface area contributed by atoms with E-state index in [1.165, 1.54) is 0 Å². The molecule has 0 saturated carbocycles. The number of rotatable bonds is 14. The van der Waals surface area contributed by atoms with Crippen LogP contribution in [0.15, 0.2) is 72.8 Å². The summed E-state index contributed by atoms with van der Waals surface area (Å²) in [7, 11) is 0. The molecule has 11 nitrogen and oxygen atoms in total. The van der Waals surface area contributed by atoms with Gasteiger partial charge in [0, 0.05) is 0 Å². The Bertz CT molecular complexity index is 1320. The van der Waals surface area contributed by atoms with Crippen molar-refractivity contribution in [3.05, 3.63) is 83.9 Å². The summed E-state index contributed by atoms with van der Waals surface area (Å²) in [4.78, 5) is 60.7. The Morgan fingerprint density at radius 1 is 0.846 bits per heavy atom. The van der Waals surface area contributed by atoms with E-state index in [4.69, 9.17) is 15.2 Å². The summed E-state index contributed by atoms with van der Waals surface area (Å²) in [5.74, 6) is -3.78. The second kappa shape index (κ2) is 14.2. The van der Waals surface area contributed by atoms with E-state index >= 15 is 0 Å². The number of carbonyl (C=O) groups excluding carboxylic acids is 4. The molecule has 204 valence electrons. The normalized spacial score (nSPS) is 12.2. The van der Waals surface area contributed by atoms with Crippen molar-refractivity contribution in [2.75, 3.05) is 13.2 Å². The molecule has 3 aromatic carbocycles. The number of nitrogens with one attached hydrogen (secondary N) is 2. The van der Waals surface area contributed by atoms with E-state index in [0.29, 0.717) is 5.56 Å². The molecular weight excluding hydrogens is 506 g/mol. The minimum atomic E-state index is -1.52. The molecule has 0 bridgehead atoms. The maximum atomic E-state index is 12.8. The highest BCUT2D eigenvalue weighted by atomic mass is 16.5. The average Bonchev–Trinajstić information content (AvgIpc) is 2.91. The lowest BCUT2D eigenvalue weighted by atomic mass is 10.0. The van der Waals surface area contributed by atoms with Gasteiger partial charge in [0.15, 0.2) is 12.4 Å². The van der Waals surface area contributed by atoms with E-state index in [1.54, 1.807) is 24.3 Å². The number of amides is 3. The lowest BCUT2D eigenvalue weighted by Gasteiger charge is -2.21. The third kappa shape index (κ3) is 9.24. The summed E-state index contributed by atoms with van der Waals surface area (Å²) < 4.78 is 10.6. The number of Topliss-reactive ketones (excluding diaryl/α,β-unsaturated/α-hetero) is 1. The fourth-order valence-corrected chi connectivity index (χ4v) is 3.82. The fourth-order valence-electron chi connectivity index (χ4n) is 3.82. The van der Waals surface area contributed by atoms with Crippen LogP contribution in [0.25, 0.3) is 10.8 Å². The van der Waals surface area contributed by atoms with Crippen LogP contribution in [0.4, 0.5) is 4.79 Å². The molecule has 0 saturated heterocycles. The van der Waals surface area contributed by atoms with Crippen LogP contribution in [0.1, 0.15) is 17.5 Å². The van der Waals surface area contributed by atoms with Crippen LogP contribution in [0, 0.1) is 0 Å². The number of fused-ring (bicyclic) bond motifs is 1. The number of benzene rings is 3. The van der Waals surface area contributed by atoms with Crippen LogP contribution in [0.3, 0.4) is 0 Å². The molecular formula is C28H29N3O8. The molecule has 0 aromatic heterocycles. The molecule has 39 heavy (non-hydrogen) atoms. The number of aliphatic carboxylic acids is 1. The maximum Gasteiger partial charge on any atom is 0.312 e. The second-order valence-electron chi connectivity index (χ2n) is 8.66. The van der Waals surface area contributed by atoms with Crippen LogP contribution < -0.4 is 16.4 Å². The van der Waals surface area contributed by atoms with E-state index < -0.39 is 54.8 Å². The monoisotopic (exact) mass is 535 g/mol. The maximum absolute atomic E-state index is 12.8. The van der Waals surface area contributed by atoms with Crippen LogP contribution in [0.2, 0.25) is 0 Å². The Labute approximate surface area is 224 Å². The van der Waals surface area contributed by atoms with Gasteiger partial charge in [0.05, 0.1) is 26.1 Å². The molecule has 3 aromatic rings. The van der Waals surface area contributed by atoms with Crippen molar-refractivity contribution < 1.29 is 38.6 Å². The van der Waals surface area contributed by atoms with Gasteiger partial charge in [-0.25, -0.2) is 4.79 Å². The Balaban J connectivity index is 1.58. The van der Waals surface area contributed by atoms with Crippen molar-refractivity contribution in [3.63, 3.8) is 0 Å². The molecule has 3 amide bonds. The molecule has 11 heteroatoms. The third-order valence-electron chi connectivity index (χ3n) is 5.70. The predicted octanol–water partition coefficient (Wildman–Crippen LogP) is 1.71. The van der Waals surface area contributed by atoms with Gasteiger partial charge in [-0.05, 0) is 21.9 Å². The quantitative estimate of drug-likeness (QED) is 0.226. The van der Waals surface area contributed by atoms with Gasteiger partial charge in [-0.1, -0.05) is 72.8 Å². The summed E-state index contributed by atoms with van der Waals surface area (Å²) >= 11 is 0. The third-order valence-corrected chi connectivity index (χ3v) is 5.70. The zero-order valence-corrected chi connectivity index (χ0v) is 21.0. The van der Waals surface area contributed by atoms with Gasteiger partial charge < -0.3 is 30.9 Å². The molecule has 0 radical (unpaired) electrons. The number of hydrogen-bond acceptors (Lipinski definition) is 7. The standard InChI is InChI=1S/C28H29N3O8/c29-28(37)31-23(16-38-15-18-7-2-1-3-8-18)27(36)30-22(14-25(33)34)24(32)17-39-26(35)13-20-11-6-10-19-9-4-5-12-21(19)20/h1-12,22-23H,13-17H2,(H,30,36)(H,33,34)(H3,29,31,37). The van der Waals surface area contributed by atoms with Crippen molar-refractivity contribution in [2.45, 2.75) is 31.5 Å². The Hall–Kier alpha value is -4.77. The summed E-state index contributed by atoms with van der Waals surface area (Å²) in [5, 5.41) is 15.5. The summed E-state index contributed by atoms with van der Waals surface area (Å²) in [5.41, 5.74) is 6.68. The lowest BCUT2D eigenvalue weighted by molar-refractivity contribution is -0.148. The van der Waals surface area contributed by atoms with Crippen molar-refractivity contribution in [1.29, 1.82) is 0 Å². The zero-order valence-electron chi connectivity index (χ0n) is 21.0. The number of carboxylic acids is 1. The smallest absolute Gasteiger partial charge is 0.312 e. The van der Waals surface area contributed by atoms with Crippen LogP contribution >= 0.6 is 0 Å². The zero-order chi connectivity index (χ0) is 28.2. The molecule has 2 atom stereocenters. The first kappa shape index (κ1) is 28.8. The van der Waals surface area contributed by atoms with Crippen molar-refractivity contribution in [3.8, 4) is 0 Å². The van der Waals surface area contributed by atoms with E-state index in [-0.39, 0.29) is 19.6 Å². The molecule has 3 rings (SSSR count). The average molecular weight is 536 g/mol. The fraction of sp³-hybridized carbons (Fsp3) is 0.250. The van der Waals surface area contributed by atoms with E-state index in [2.05, 4.69) is 10.6 Å². The number of hydrogen-bond donors (Lipinski definition) is 4. The van der Waals surface area contributed by atoms with E-state index in [9.17, 15) is 29.1 Å². The molecule has 0 aliphatic heterocycles. The number of ketones is 1. The SMILES string of the molecule is NC(=O)NC(COCc1ccccc1)C(=O)NC(CC(=O)O)C(=O)COC(=O)Cc1cccc2ccccc12. The number of urea groups is 1. The summed E-state index contributed by atoms with van der Waals surface area (Å²) in [6, 6.07) is 18.2. The molecule has 0 aliphatic carbocycles. The number of ether oxygens (including phenoxy) is 2. The first-order valence-corrected chi connectivity index (χ1v) is 12.1. The Morgan fingerprint density at radius 2 is 1.54 bits per heavy atom. The van der Waals surface area contributed by atoms with Gasteiger partial charge in [0.2, 0.25) is 5.91 Å². The lowest BCUT2D eigenvalue weighted by Crippen LogP contribution is -2.55. The van der Waals surface area contributed by atoms with Gasteiger partial charge in [0.25, 0.3) is 0 Å². The van der Waals surface area contributed by atoms with Gasteiger partial charge in [-0.2, -0.15) is 0 Å². The number of primary amides is 1. The van der Waals surface area contributed by atoms with E-state index in [0.717, 1.165) is 16.3 Å². The van der Waals surface area contributed by atoms with E-state index in [1.807, 2.05) is 48.5 Å². The second-order valence-corrected chi connectivity index (χ2v) is 8.66. The summed E-state index contributed by atoms with van der Waals surface area (Å²) in [6.45, 7) is -0.910. The molecule has 5 N–H and O–H groups in total. The largest absolute Gasteiger partial charge is 0.481 e. The van der Waals surface area contributed by atoms with Crippen LogP contribution in [0.5, 0.6) is 0 Å². The van der Waals surface area contributed by atoms with Gasteiger partial charge >= 0.3 is 18.0 Å².